The van der Waals surface area contributed by atoms with E-state index in [2.05, 4.69) is 15.3 Å². The van der Waals surface area contributed by atoms with Gasteiger partial charge in [-0.2, -0.15) is 0 Å². The SMILES string of the molecule is CN1C(=O)[C@H]2[C@@H]([C@H]3O[C@@H](n4ccc(=O)[nH]c4=O)[C@H](O)[C@@H]3O)N[C@@H](c3cn(S(=O)(=O)c4ccccc4)c4ncccc34)[C@H]2C1=O. The molecule has 0 aliphatic carbocycles. The summed E-state index contributed by atoms with van der Waals surface area (Å²) in [4.78, 5) is 58.3. The highest BCUT2D eigenvalue weighted by molar-refractivity contribution is 7.90. The molecule has 2 amide bonds. The molecule has 3 saturated heterocycles. The molecule has 6 heterocycles. The summed E-state index contributed by atoms with van der Waals surface area (Å²) >= 11 is 0. The van der Waals surface area contributed by atoms with Gasteiger partial charge in [-0.1, -0.05) is 18.2 Å². The number of fused-ring (bicyclic) bond motifs is 2. The molecule has 3 aliphatic rings. The number of benzene rings is 1. The number of amides is 2. The number of imide groups is 1. The normalized spacial score (nSPS) is 30.4. The average Bonchev–Trinajstić information content (AvgIpc) is 3.73. The number of nitrogens with zero attached hydrogens (tertiary/aromatic N) is 4. The lowest BCUT2D eigenvalue weighted by Gasteiger charge is -2.26. The van der Waals surface area contributed by atoms with E-state index in [1.807, 2.05) is 0 Å². The zero-order valence-electron chi connectivity index (χ0n) is 22.9. The molecular formula is C28H26N6O9S. The fourth-order valence-electron chi connectivity index (χ4n) is 6.62. The fraction of sp³-hybridized carbons (Fsp3) is 0.321. The molecule has 7 rings (SSSR count). The standard InChI is InChI=1S/C28H26N6O9S/c1-32-25(38)17-18(26(32)39)20(23-21(36)22(37)27(43-23)33-11-9-16(35)30-28(33)40)31-19(17)15-12-34(24-14(15)8-5-10-29-24)44(41,42)13-6-3-2-4-7-13/h2-12,17-23,27,31,36-37H,1H3,(H,30,35,40)/t17-,18+,19-,20-,21-,22+,23+,27+/m0/s1. The number of aromatic nitrogens is 4. The van der Waals surface area contributed by atoms with Crippen molar-refractivity contribution in [3.8, 4) is 0 Å². The fourth-order valence-corrected chi connectivity index (χ4v) is 7.97. The highest BCUT2D eigenvalue weighted by atomic mass is 32.2. The van der Waals surface area contributed by atoms with Gasteiger partial charge in [0.05, 0.1) is 16.7 Å². The second-order valence-electron chi connectivity index (χ2n) is 11.0. The van der Waals surface area contributed by atoms with E-state index in [9.17, 15) is 37.8 Å². The quantitative estimate of drug-likeness (QED) is 0.192. The molecule has 16 heteroatoms. The average molecular weight is 623 g/mol. The number of ether oxygens (including phenoxy) is 1. The van der Waals surface area contributed by atoms with Gasteiger partial charge < -0.3 is 20.3 Å². The van der Waals surface area contributed by atoms with E-state index >= 15 is 0 Å². The minimum atomic E-state index is -4.11. The molecule has 0 spiro atoms. The van der Waals surface area contributed by atoms with E-state index in [0.29, 0.717) is 10.9 Å². The molecular weight excluding hydrogens is 596 g/mol. The third-order valence-electron chi connectivity index (χ3n) is 8.69. The maximum Gasteiger partial charge on any atom is 0.330 e. The van der Waals surface area contributed by atoms with Gasteiger partial charge in [0.1, 0.15) is 18.3 Å². The largest absolute Gasteiger partial charge is 0.387 e. The minimum Gasteiger partial charge on any atom is -0.387 e. The molecule has 4 N–H and O–H groups in total. The van der Waals surface area contributed by atoms with E-state index in [1.165, 1.54) is 31.6 Å². The number of hydrogen-bond acceptors (Lipinski definition) is 11. The molecule has 8 atom stereocenters. The Bertz CT molecular complexity index is 2040. The van der Waals surface area contributed by atoms with Crippen molar-refractivity contribution in [3.05, 3.63) is 93.5 Å². The zero-order chi connectivity index (χ0) is 31.1. The van der Waals surface area contributed by atoms with Gasteiger partial charge in [-0.15, -0.1) is 0 Å². The van der Waals surface area contributed by atoms with Gasteiger partial charge in [0.25, 0.3) is 15.6 Å². The number of H-pyrrole nitrogens is 1. The van der Waals surface area contributed by atoms with E-state index in [1.54, 1.807) is 30.3 Å². The smallest absolute Gasteiger partial charge is 0.330 e. The van der Waals surface area contributed by atoms with Gasteiger partial charge in [-0.3, -0.25) is 28.8 Å². The van der Waals surface area contributed by atoms with Crippen molar-refractivity contribution in [1.29, 1.82) is 0 Å². The first-order valence-corrected chi connectivity index (χ1v) is 15.1. The highest BCUT2D eigenvalue weighted by Crippen LogP contribution is 2.48. The molecule has 3 fully saturated rings. The molecule has 3 aromatic heterocycles. The Morgan fingerprint density at radius 3 is 2.39 bits per heavy atom. The van der Waals surface area contributed by atoms with Crippen molar-refractivity contribution in [2.24, 2.45) is 11.8 Å². The van der Waals surface area contributed by atoms with Gasteiger partial charge >= 0.3 is 5.69 Å². The predicted octanol–water partition coefficient (Wildman–Crippen LogP) is -1.31. The summed E-state index contributed by atoms with van der Waals surface area (Å²) < 4.78 is 35.3. The van der Waals surface area contributed by atoms with Crippen LogP contribution < -0.4 is 16.6 Å². The van der Waals surface area contributed by atoms with Crippen molar-refractivity contribution in [2.45, 2.75) is 41.5 Å². The summed E-state index contributed by atoms with van der Waals surface area (Å²) in [5.41, 5.74) is -1.05. The number of nitrogens with one attached hydrogen (secondary N) is 2. The van der Waals surface area contributed by atoms with Crippen LogP contribution in [0.2, 0.25) is 0 Å². The van der Waals surface area contributed by atoms with Crippen LogP contribution in [-0.4, -0.2) is 85.3 Å². The molecule has 0 radical (unpaired) electrons. The van der Waals surface area contributed by atoms with E-state index in [4.69, 9.17) is 4.74 Å². The van der Waals surface area contributed by atoms with E-state index in [0.717, 1.165) is 25.7 Å². The van der Waals surface area contributed by atoms with Crippen molar-refractivity contribution >= 4 is 32.9 Å². The summed E-state index contributed by atoms with van der Waals surface area (Å²) in [6, 6.07) is 10.1. The number of pyridine rings is 1. The Balaban J connectivity index is 1.32. The lowest BCUT2D eigenvalue weighted by molar-refractivity contribution is -0.139. The van der Waals surface area contributed by atoms with Crippen molar-refractivity contribution < 1.29 is 33.0 Å². The van der Waals surface area contributed by atoms with Crippen LogP contribution >= 0.6 is 0 Å². The number of hydrogen-bond donors (Lipinski definition) is 4. The topological polar surface area (TPSA) is 206 Å². The number of aromatic amines is 1. The molecule has 15 nitrogen and oxygen atoms in total. The molecule has 0 bridgehead atoms. The number of aliphatic hydroxyl groups excluding tert-OH is 2. The number of rotatable bonds is 5. The first-order chi connectivity index (χ1) is 21.0. The van der Waals surface area contributed by atoms with Gasteiger partial charge in [0.15, 0.2) is 11.9 Å². The summed E-state index contributed by atoms with van der Waals surface area (Å²) in [5.74, 6) is -3.14. The van der Waals surface area contributed by atoms with Gasteiger partial charge in [-0.25, -0.2) is 22.2 Å². The van der Waals surface area contributed by atoms with Gasteiger partial charge in [0, 0.05) is 49.2 Å². The summed E-state index contributed by atoms with van der Waals surface area (Å²) in [6.07, 6.45) is -2.00. The first-order valence-electron chi connectivity index (χ1n) is 13.7. The number of aliphatic hydroxyl groups is 2. The molecule has 0 unspecified atom stereocenters. The van der Waals surface area contributed by atoms with Crippen molar-refractivity contribution in [2.75, 3.05) is 7.05 Å². The van der Waals surface area contributed by atoms with Crippen molar-refractivity contribution in [3.63, 3.8) is 0 Å². The Kier molecular flexibility index (Phi) is 6.45. The van der Waals surface area contributed by atoms with E-state index < -0.39 is 81.5 Å². The summed E-state index contributed by atoms with van der Waals surface area (Å²) in [5, 5.41) is 25.6. The van der Waals surface area contributed by atoms with Crippen LogP contribution in [0.1, 0.15) is 17.8 Å². The van der Waals surface area contributed by atoms with Crippen LogP contribution in [0.4, 0.5) is 0 Å². The van der Waals surface area contributed by atoms with Crippen LogP contribution in [-0.2, 0) is 24.3 Å². The number of carbonyl (C=O) groups is 2. The monoisotopic (exact) mass is 622 g/mol. The Hall–Kier alpha value is -4.48. The lowest BCUT2D eigenvalue weighted by atomic mass is 9.84. The van der Waals surface area contributed by atoms with Gasteiger partial charge in [0.2, 0.25) is 11.8 Å². The Morgan fingerprint density at radius 1 is 0.932 bits per heavy atom. The molecule has 4 aromatic rings. The lowest BCUT2D eigenvalue weighted by Crippen LogP contribution is -2.49. The molecule has 3 aliphatic heterocycles. The number of likely N-dealkylation sites (tertiary alicyclic amines) is 1. The van der Waals surface area contributed by atoms with Crippen LogP contribution in [0.3, 0.4) is 0 Å². The van der Waals surface area contributed by atoms with Crippen molar-refractivity contribution in [1.82, 2.24) is 28.7 Å². The first kappa shape index (κ1) is 28.3. The van der Waals surface area contributed by atoms with E-state index in [-0.39, 0.29) is 10.5 Å². The molecule has 228 valence electrons. The minimum absolute atomic E-state index is 0.0242. The maximum atomic E-state index is 13.7. The second-order valence-corrected chi connectivity index (χ2v) is 12.8. The third-order valence-corrected chi connectivity index (χ3v) is 10.4. The second kappa shape index (κ2) is 10.0. The summed E-state index contributed by atoms with van der Waals surface area (Å²) in [7, 11) is -2.77. The summed E-state index contributed by atoms with van der Waals surface area (Å²) in [6.45, 7) is 0. The third kappa shape index (κ3) is 4.02. The van der Waals surface area contributed by atoms with Crippen LogP contribution in [0.25, 0.3) is 11.0 Å². The predicted molar refractivity (Wildman–Crippen MR) is 150 cm³/mol. The maximum absolute atomic E-state index is 13.7. The van der Waals surface area contributed by atoms with Gasteiger partial charge in [-0.05, 0) is 29.8 Å². The zero-order valence-corrected chi connectivity index (χ0v) is 23.7. The van der Waals surface area contributed by atoms with Crippen LogP contribution in [0.15, 0.2) is 81.6 Å². The molecule has 1 aromatic carbocycles. The molecule has 0 saturated carbocycles. The van der Waals surface area contributed by atoms with Crippen LogP contribution in [0.5, 0.6) is 0 Å². The van der Waals surface area contributed by atoms with Crippen LogP contribution in [0, 0.1) is 11.8 Å². The highest BCUT2D eigenvalue weighted by Gasteiger charge is 2.63. The Morgan fingerprint density at radius 2 is 1.66 bits per heavy atom. The number of carbonyl (C=O) groups excluding carboxylic acids is 2. The molecule has 44 heavy (non-hydrogen) atoms. The Labute approximate surface area is 248 Å².